The van der Waals surface area contributed by atoms with Gasteiger partial charge in [0.2, 0.25) is 5.95 Å². The molecule has 25 heavy (non-hydrogen) atoms. The first-order valence-corrected chi connectivity index (χ1v) is 8.55. The predicted octanol–water partition coefficient (Wildman–Crippen LogP) is 5.79. The molecule has 7 heteroatoms. The molecule has 0 saturated heterocycles. The predicted molar refractivity (Wildman–Crippen MR) is 103 cm³/mol. The van der Waals surface area contributed by atoms with Crippen molar-refractivity contribution in [1.29, 1.82) is 0 Å². The second-order valence-electron chi connectivity index (χ2n) is 5.82. The molecule has 128 valence electrons. The number of nitrogens with one attached hydrogen (secondary N) is 2. The number of hydrogen-bond acceptors (Lipinski definition) is 5. The first-order chi connectivity index (χ1) is 12.0. The van der Waals surface area contributed by atoms with Gasteiger partial charge in [-0.1, -0.05) is 55.2 Å². The quantitative estimate of drug-likeness (QED) is 0.592. The Balaban J connectivity index is 1.82. The number of para-hydroxylation sites is 1. The van der Waals surface area contributed by atoms with Gasteiger partial charge >= 0.3 is 0 Å². The molecule has 0 unspecified atom stereocenters. The molecule has 2 aromatic carbocycles. The van der Waals surface area contributed by atoms with Crippen LogP contribution in [0.4, 0.5) is 23.1 Å². The Labute approximate surface area is 156 Å². The van der Waals surface area contributed by atoms with E-state index in [4.69, 9.17) is 23.2 Å². The number of aromatic nitrogens is 3. The van der Waals surface area contributed by atoms with Gasteiger partial charge in [0, 0.05) is 21.4 Å². The summed E-state index contributed by atoms with van der Waals surface area (Å²) in [5.41, 5.74) is 2.89. The van der Waals surface area contributed by atoms with E-state index in [1.807, 2.05) is 18.2 Å². The highest BCUT2D eigenvalue weighted by Gasteiger charge is 2.08. The van der Waals surface area contributed by atoms with Gasteiger partial charge in [0.25, 0.3) is 0 Å². The fraction of sp³-hybridized carbons (Fsp3) is 0.167. The van der Waals surface area contributed by atoms with Crippen LogP contribution < -0.4 is 10.6 Å². The number of rotatable bonds is 5. The van der Waals surface area contributed by atoms with Crippen molar-refractivity contribution >= 4 is 46.3 Å². The molecule has 0 bridgehead atoms. The molecule has 0 amide bonds. The maximum Gasteiger partial charge on any atom is 0.249 e. The second kappa shape index (κ2) is 7.68. The van der Waals surface area contributed by atoms with Gasteiger partial charge in [-0.3, -0.25) is 0 Å². The van der Waals surface area contributed by atoms with Gasteiger partial charge in [-0.2, -0.15) is 10.1 Å². The molecule has 3 aromatic rings. The maximum absolute atomic E-state index is 6.01. The number of halogens is 2. The number of hydrogen-bond donors (Lipinski definition) is 2. The van der Waals surface area contributed by atoms with Crippen molar-refractivity contribution in [2.45, 2.75) is 19.8 Å². The van der Waals surface area contributed by atoms with E-state index in [2.05, 4.69) is 45.7 Å². The molecule has 0 aliphatic carbocycles. The van der Waals surface area contributed by atoms with E-state index in [1.165, 1.54) is 5.56 Å². The van der Waals surface area contributed by atoms with Gasteiger partial charge in [0.05, 0.1) is 6.20 Å². The van der Waals surface area contributed by atoms with Gasteiger partial charge in [-0.25, -0.2) is 0 Å². The first kappa shape index (κ1) is 17.5. The Morgan fingerprint density at radius 3 is 2.40 bits per heavy atom. The number of nitrogens with zero attached hydrogens (tertiary/aromatic N) is 3. The maximum atomic E-state index is 6.01. The molecule has 1 aromatic heterocycles. The molecule has 0 atom stereocenters. The van der Waals surface area contributed by atoms with Crippen molar-refractivity contribution in [1.82, 2.24) is 15.2 Å². The van der Waals surface area contributed by atoms with Crippen LogP contribution in [-0.4, -0.2) is 15.2 Å². The molecule has 3 rings (SSSR count). The van der Waals surface area contributed by atoms with E-state index in [1.54, 1.807) is 24.4 Å². The average molecular weight is 374 g/mol. The van der Waals surface area contributed by atoms with Crippen LogP contribution in [0, 0.1) is 0 Å². The third-order valence-electron chi connectivity index (χ3n) is 3.52. The Kier molecular flexibility index (Phi) is 5.36. The summed E-state index contributed by atoms with van der Waals surface area (Å²) in [5, 5.41) is 15.4. The topological polar surface area (TPSA) is 62.7 Å². The molecule has 0 spiro atoms. The second-order valence-corrected chi connectivity index (χ2v) is 6.69. The van der Waals surface area contributed by atoms with E-state index in [-0.39, 0.29) is 0 Å². The fourth-order valence-electron chi connectivity index (χ4n) is 2.42. The van der Waals surface area contributed by atoms with Gasteiger partial charge < -0.3 is 10.6 Å². The molecule has 0 fully saturated rings. The van der Waals surface area contributed by atoms with Crippen molar-refractivity contribution in [3.05, 3.63) is 64.3 Å². The van der Waals surface area contributed by atoms with Crippen LogP contribution in [0.3, 0.4) is 0 Å². The van der Waals surface area contributed by atoms with E-state index in [0.29, 0.717) is 33.4 Å². The van der Waals surface area contributed by atoms with Crippen LogP contribution in [0.15, 0.2) is 48.7 Å². The SMILES string of the molecule is CC(C)c1ccccc1Nc1cnnc(Nc2cc(Cl)cc(Cl)c2)n1. The average Bonchev–Trinajstić information content (AvgIpc) is 2.54. The molecule has 0 aliphatic rings. The van der Waals surface area contributed by atoms with E-state index in [9.17, 15) is 0 Å². The van der Waals surface area contributed by atoms with Crippen molar-refractivity contribution in [3.8, 4) is 0 Å². The third kappa shape index (κ3) is 4.59. The molecule has 0 radical (unpaired) electrons. The highest BCUT2D eigenvalue weighted by atomic mass is 35.5. The Morgan fingerprint density at radius 2 is 1.68 bits per heavy atom. The highest BCUT2D eigenvalue weighted by molar-refractivity contribution is 6.35. The third-order valence-corrected chi connectivity index (χ3v) is 3.96. The van der Waals surface area contributed by atoms with Crippen LogP contribution in [0.5, 0.6) is 0 Å². The van der Waals surface area contributed by atoms with Crippen molar-refractivity contribution < 1.29 is 0 Å². The van der Waals surface area contributed by atoms with E-state index in [0.717, 1.165) is 5.69 Å². The molecular formula is C18H17Cl2N5. The summed E-state index contributed by atoms with van der Waals surface area (Å²) in [6, 6.07) is 13.3. The summed E-state index contributed by atoms with van der Waals surface area (Å²) in [6.45, 7) is 4.29. The monoisotopic (exact) mass is 373 g/mol. The lowest BCUT2D eigenvalue weighted by Crippen LogP contribution is -2.04. The van der Waals surface area contributed by atoms with Gasteiger partial charge in [-0.15, -0.1) is 5.10 Å². The summed E-state index contributed by atoms with van der Waals surface area (Å²) in [4.78, 5) is 4.44. The van der Waals surface area contributed by atoms with Crippen LogP contribution in [0.25, 0.3) is 0 Å². The number of benzene rings is 2. The Bertz CT molecular complexity index is 863. The van der Waals surface area contributed by atoms with Crippen molar-refractivity contribution in [3.63, 3.8) is 0 Å². The lowest BCUT2D eigenvalue weighted by molar-refractivity contribution is 0.868. The van der Waals surface area contributed by atoms with Crippen LogP contribution in [0.2, 0.25) is 10.0 Å². The molecule has 1 heterocycles. The summed E-state index contributed by atoms with van der Waals surface area (Å²) >= 11 is 12.0. The van der Waals surface area contributed by atoms with Gasteiger partial charge in [0.15, 0.2) is 5.82 Å². The standard InChI is InChI=1S/C18H17Cl2N5/c1-11(2)15-5-3-4-6-16(15)23-17-10-21-25-18(24-17)22-14-8-12(19)7-13(20)9-14/h3-11H,1-2H3,(H2,22,23,24,25). The van der Waals surface area contributed by atoms with Crippen LogP contribution in [-0.2, 0) is 0 Å². The lowest BCUT2D eigenvalue weighted by Gasteiger charge is -2.14. The lowest BCUT2D eigenvalue weighted by atomic mass is 10.0. The largest absolute Gasteiger partial charge is 0.339 e. The molecule has 0 saturated carbocycles. The van der Waals surface area contributed by atoms with Crippen molar-refractivity contribution in [2.75, 3.05) is 10.6 Å². The zero-order valence-corrected chi connectivity index (χ0v) is 15.3. The zero-order valence-electron chi connectivity index (χ0n) is 13.8. The van der Waals surface area contributed by atoms with Crippen LogP contribution in [0.1, 0.15) is 25.3 Å². The van der Waals surface area contributed by atoms with E-state index < -0.39 is 0 Å². The van der Waals surface area contributed by atoms with E-state index >= 15 is 0 Å². The molecule has 2 N–H and O–H groups in total. The summed E-state index contributed by atoms with van der Waals surface area (Å²) in [7, 11) is 0. The minimum atomic E-state index is 0.352. The van der Waals surface area contributed by atoms with Crippen LogP contribution >= 0.6 is 23.2 Å². The summed E-state index contributed by atoms with van der Waals surface area (Å²) in [5.74, 6) is 1.34. The molecule has 5 nitrogen and oxygen atoms in total. The Hall–Kier alpha value is -2.37. The first-order valence-electron chi connectivity index (χ1n) is 7.80. The zero-order chi connectivity index (χ0) is 17.8. The minimum absolute atomic E-state index is 0.352. The fourth-order valence-corrected chi connectivity index (χ4v) is 2.95. The smallest absolute Gasteiger partial charge is 0.249 e. The number of anilines is 4. The molecule has 0 aliphatic heterocycles. The molecular weight excluding hydrogens is 357 g/mol. The highest BCUT2D eigenvalue weighted by Crippen LogP contribution is 2.27. The van der Waals surface area contributed by atoms with Gasteiger partial charge in [-0.05, 0) is 35.7 Å². The normalized spacial score (nSPS) is 10.8. The Morgan fingerprint density at radius 1 is 0.960 bits per heavy atom. The minimum Gasteiger partial charge on any atom is -0.339 e. The summed E-state index contributed by atoms with van der Waals surface area (Å²) in [6.07, 6.45) is 1.58. The van der Waals surface area contributed by atoms with Crippen molar-refractivity contribution in [2.24, 2.45) is 0 Å². The van der Waals surface area contributed by atoms with Gasteiger partial charge in [0.1, 0.15) is 0 Å². The summed E-state index contributed by atoms with van der Waals surface area (Å²) < 4.78 is 0.